The number of rotatable bonds is 5. The van der Waals surface area contributed by atoms with E-state index in [9.17, 15) is 13.2 Å². The molecule has 6 nitrogen and oxygen atoms in total. The number of nitrogens with zero attached hydrogens (tertiary/aromatic N) is 1. The molecule has 1 amide bonds. The molecule has 1 N–H and O–H groups in total. The summed E-state index contributed by atoms with van der Waals surface area (Å²) in [4.78, 5) is 14.3. The number of ether oxygens (including phenoxy) is 1. The predicted octanol–water partition coefficient (Wildman–Crippen LogP) is 2.26. The smallest absolute Gasteiger partial charge is 0.244 e. The molecule has 0 aliphatic carbocycles. The third-order valence-electron chi connectivity index (χ3n) is 4.43. The molecule has 1 aliphatic rings. The molecular weight excluding hydrogens is 352 g/mol. The molecule has 0 fully saturated rings. The lowest BCUT2D eigenvalue weighted by atomic mass is 10.0. The monoisotopic (exact) mass is 374 g/mol. The quantitative estimate of drug-likeness (QED) is 0.871. The lowest BCUT2D eigenvalue weighted by molar-refractivity contribution is -0.117. The van der Waals surface area contributed by atoms with Gasteiger partial charge in [-0.25, -0.2) is 13.1 Å². The van der Waals surface area contributed by atoms with Crippen molar-refractivity contribution in [2.45, 2.75) is 24.7 Å². The highest BCUT2D eigenvalue weighted by molar-refractivity contribution is 7.89. The summed E-state index contributed by atoms with van der Waals surface area (Å²) in [6.45, 7) is 2.09. The Morgan fingerprint density at radius 3 is 2.77 bits per heavy atom. The Kier molecular flexibility index (Phi) is 5.29. The Morgan fingerprint density at radius 1 is 1.23 bits per heavy atom. The van der Waals surface area contributed by atoms with Crippen molar-refractivity contribution in [3.8, 4) is 5.75 Å². The number of sulfonamides is 1. The van der Waals surface area contributed by atoms with Gasteiger partial charge in [0, 0.05) is 12.2 Å². The lowest BCUT2D eigenvalue weighted by Gasteiger charge is -2.29. The van der Waals surface area contributed by atoms with Crippen LogP contribution in [0.3, 0.4) is 0 Å². The fourth-order valence-corrected chi connectivity index (χ4v) is 4.34. The number of amides is 1. The van der Waals surface area contributed by atoms with E-state index in [1.54, 1.807) is 24.0 Å². The number of benzene rings is 2. The van der Waals surface area contributed by atoms with E-state index in [-0.39, 0.29) is 23.1 Å². The maximum absolute atomic E-state index is 12.6. The number of carbonyl (C=O) groups is 1. The molecule has 26 heavy (non-hydrogen) atoms. The van der Waals surface area contributed by atoms with Crippen LogP contribution in [-0.2, 0) is 21.2 Å². The number of hydrogen-bond acceptors (Lipinski definition) is 4. The zero-order valence-electron chi connectivity index (χ0n) is 14.9. The van der Waals surface area contributed by atoms with Gasteiger partial charge in [-0.15, -0.1) is 0 Å². The normalized spacial score (nSPS) is 14.0. The second-order valence-electron chi connectivity index (χ2n) is 6.26. The first-order valence-corrected chi connectivity index (χ1v) is 9.93. The largest absolute Gasteiger partial charge is 0.495 e. The average molecular weight is 374 g/mol. The Morgan fingerprint density at radius 2 is 2.00 bits per heavy atom. The van der Waals surface area contributed by atoms with E-state index in [1.807, 2.05) is 24.3 Å². The molecule has 3 rings (SSSR count). The number of anilines is 1. The summed E-state index contributed by atoms with van der Waals surface area (Å²) >= 11 is 0. The zero-order valence-corrected chi connectivity index (χ0v) is 15.7. The maximum Gasteiger partial charge on any atom is 0.244 e. The molecule has 0 saturated heterocycles. The van der Waals surface area contributed by atoms with E-state index in [1.165, 1.54) is 13.2 Å². The van der Waals surface area contributed by atoms with Gasteiger partial charge in [0.05, 0.1) is 13.7 Å². The van der Waals surface area contributed by atoms with Gasteiger partial charge in [0.1, 0.15) is 10.6 Å². The maximum atomic E-state index is 12.6. The molecule has 2 aromatic rings. The molecule has 0 spiro atoms. The minimum Gasteiger partial charge on any atom is -0.495 e. The van der Waals surface area contributed by atoms with Gasteiger partial charge in [-0.2, -0.15) is 0 Å². The molecule has 0 unspecified atom stereocenters. The van der Waals surface area contributed by atoms with E-state index in [4.69, 9.17) is 4.74 Å². The summed E-state index contributed by atoms with van der Waals surface area (Å²) in [7, 11) is -2.44. The van der Waals surface area contributed by atoms with Crippen LogP contribution >= 0.6 is 0 Å². The Hall–Kier alpha value is -2.38. The third-order valence-corrected chi connectivity index (χ3v) is 5.86. The van der Waals surface area contributed by atoms with Crippen LogP contribution < -0.4 is 14.4 Å². The van der Waals surface area contributed by atoms with Crippen molar-refractivity contribution in [2.75, 3.05) is 25.1 Å². The highest BCUT2D eigenvalue weighted by Crippen LogP contribution is 2.27. The minimum absolute atomic E-state index is 0.0341. The fourth-order valence-electron chi connectivity index (χ4n) is 3.12. The second kappa shape index (κ2) is 7.47. The number of methoxy groups -OCH3 is 1. The minimum atomic E-state index is -3.86. The number of hydrogen-bond donors (Lipinski definition) is 1. The molecule has 0 saturated carbocycles. The van der Waals surface area contributed by atoms with E-state index < -0.39 is 10.0 Å². The van der Waals surface area contributed by atoms with Gasteiger partial charge >= 0.3 is 0 Å². The number of carbonyl (C=O) groups excluding carboxylic acids is 1. The van der Waals surface area contributed by atoms with Crippen LogP contribution in [0.15, 0.2) is 47.4 Å². The third kappa shape index (κ3) is 3.73. The van der Waals surface area contributed by atoms with Crippen molar-refractivity contribution in [1.29, 1.82) is 0 Å². The van der Waals surface area contributed by atoms with Gasteiger partial charge in [0.15, 0.2) is 0 Å². The van der Waals surface area contributed by atoms with Gasteiger partial charge in [-0.1, -0.05) is 24.3 Å². The summed E-state index contributed by atoms with van der Waals surface area (Å²) in [5.74, 6) is -0.0220. The van der Waals surface area contributed by atoms with Crippen molar-refractivity contribution >= 4 is 21.6 Å². The van der Waals surface area contributed by atoms with Crippen molar-refractivity contribution < 1.29 is 17.9 Å². The van der Waals surface area contributed by atoms with Crippen LogP contribution in [0.2, 0.25) is 0 Å². The van der Waals surface area contributed by atoms with Gasteiger partial charge in [0.2, 0.25) is 15.9 Å². The Balaban J connectivity index is 1.77. The molecule has 2 aromatic carbocycles. The molecule has 0 aromatic heterocycles. The van der Waals surface area contributed by atoms with Crippen LogP contribution in [0.5, 0.6) is 5.75 Å². The lowest BCUT2D eigenvalue weighted by Crippen LogP contribution is -2.42. The van der Waals surface area contributed by atoms with Crippen molar-refractivity contribution in [2.24, 2.45) is 0 Å². The fraction of sp³-hybridized carbons (Fsp3) is 0.316. The molecule has 0 atom stereocenters. The molecule has 1 aliphatic heterocycles. The summed E-state index contributed by atoms with van der Waals surface area (Å²) < 4.78 is 32.8. The van der Waals surface area contributed by atoms with Crippen molar-refractivity contribution in [3.63, 3.8) is 0 Å². The summed E-state index contributed by atoms with van der Waals surface area (Å²) in [5, 5.41) is 0. The highest BCUT2D eigenvalue weighted by Gasteiger charge is 2.25. The van der Waals surface area contributed by atoms with Crippen LogP contribution in [0.25, 0.3) is 0 Å². The average Bonchev–Trinajstić information content (AvgIpc) is 2.65. The highest BCUT2D eigenvalue weighted by atomic mass is 32.2. The van der Waals surface area contributed by atoms with Crippen LogP contribution in [-0.4, -0.2) is 34.5 Å². The zero-order chi connectivity index (χ0) is 18.7. The molecule has 1 heterocycles. The predicted molar refractivity (Wildman–Crippen MR) is 100 cm³/mol. The first kappa shape index (κ1) is 18.4. The van der Waals surface area contributed by atoms with E-state index in [2.05, 4.69) is 4.72 Å². The molecule has 138 valence electrons. The Labute approximate surface area is 153 Å². The number of para-hydroxylation sites is 1. The first-order chi connectivity index (χ1) is 12.4. The molecule has 7 heteroatoms. The van der Waals surface area contributed by atoms with Crippen LogP contribution in [0, 0.1) is 6.92 Å². The molecular formula is C19H22N2O4S. The van der Waals surface area contributed by atoms with Crippen LogP contribution in [0.1, 0.15) is 17.5 Å². The second-order valence-corrected chi connectivity index (χ2v) is 7.99. The number of nitrogens with one attached hydrogen (secondary N) is 1. The Bertz CT molecular complexity index is 925. The van der Waals surface area contributed by atoms with Gasteiger partial charge in [-0.05, 0) is 49.1 Å². The van der Waals surface area contributed by atoms with Crippen molar-refractivity contribution in [1.82, 2.24) is 4.72 Å². The van der Waals surface area contributed by atoms with Gasteiger partial charge < -0.3 is 9.64 Å². The van der Waals surface area contributed by atoms with E-state index in [0.29, 0.717) is 6.54 Å². The first-order valence-electron chi connectivity index (χ1n) is 8.45. The summed E-state index contributed by atoms with van der Waals surface area (Å²) in [6.07, 6.45) is 1.79. The SMILES string of the molecule is COc1ccc(C)cc1S(=O)(=O)NCC(=O)N1CCCc2ccccc21. The van der Waals surface area contributed by atoms with Gasteiger partial charge in [0.25, 0.3) is 0 Å². The summed E-state index contributed by atoms with van der Waals surface area (Å²) in [6, 6.07) is 12.6. The van der Waals surface area contributed by atoms with Gasteiger partial charge in [-0.3, -0.25) is 4.79 Å². The number of fused-ring (bicyclic) bond motifs is 1. The standard InChI is InChI=1S/C19H22N2O4S/c1-14-9-10-17(25-2)18(12-14)26(23,24)20-13-19(22)21-11-5-7-15-6-3-4-8-16(15)21/h3-4,6,8-10,12,20H,5,7,11,13H2,1-2H3. The molecule has 0 bridgehead atoms. The van der Waals surface area contributed by atoms with E-state index in [0.717, 1.165) is 29.7 Å². The van der Waals surface area contributed by atoms with Crippen molar-refractivity contribution in [3.05, 3.63) is 53.6 Å². The number of aryl methyl sites for hydroxylation is 2. The topological polar surface area (TPSA) is 75.7 Å². The van der Waals surface area contributed by atoms with Crippen LogP contribution in [0.4, 0.5) is 5.69 Å². The summed E-state index contributed by atoms with van der Waals surface area (Å²) in [5.41, 5.74) is 2.76. The van der Waals surface area contributed by atoms with E-state index >= 15 is 0 Å². The molecule has 0 radical (unpaired) electrons.